The first kappa shape index (κ1) is 21.0. The zero-order valence-corrected chi connectivity index (χ0v) is 21.0. The van der Waals surface area contributed by atoms with E-state index in [0.717, 1.165) is 63.2 Å². The number of benzene rings is 2. The highest BCUT2D eigenvalue weighted by molar-refractivity contribution is 9.11. The van der Waals surface area contributed by atoms with Gasteiger partial charge in [0.05, 0.1) is 27.7 Å². The number of thiophene rings is 1. The van der Waals surface area contributed by atoms with Crippen molar-refractivity contribution < 1.29 is 9.47 Å². The van der Waals surface area contributed by atoms with Gasteiger partial charge in [-0.2, -0.15) is 5.10 Å². The van der Waals surface area contributed by atoms with E-state index in [1.54, 1.807) is 11.3 Å². The van der Waals surface area contributed by atoms with Crippen LogP contribution in [0.4, 0.5) is 0 Å². The average Bonchev–Trinajstić information content (AvgIpc) is 3.44. The monoisotopic (exact) mass is 560 g/mol. The van der Waals surface area contributed by atoms with Crippen LogP contribution in [0.3, 0.4) is 0 Å². The van der Waals surface area contributed by atoms with Crippen LogP contribution in [-0.2, 0) is 0 Å². The van der Waals surface area contributed by atoms with Crippen LogP contribution in [0.5, 0.6) is 11.5 Å². The van der Waals surface area contributed by atoms with Gasteiger partial charge in [-0.1, -0.05) is 35.3 Å². The van der Waals surface area contributed by atoms with Crippen molar-refractivity contribution in [3.63, 3.8) is 0 Å². The van der Waals surface area contributed by atoms with Gasteiger partial charge in [0, 0.05) is 22.0 Å². The van der Waals surface area contributed by atoms with Crippen molar-refractivity contribution in [2.75, 3.05) is 6.61 Å². The fourth-order valence-electron chi connectivity index (χ4n) is 3.99. The van der Waals surface area contributed by atoms with E-state index in [-0.39, 0.29) is 12.3 Å². The van der Waals surface area contributed by atoms with Gasteiger partial charge >= 0.3 is 0 Å². The van der Waals surface area contributed by atoms with Gasteiger partial charge in [0.2, 0.25) is 6.23 Å². The van der Waals surface area contributed by atoms with Crippen molar-refractivity contribution in [3.8, 4) is 11.5 Å². The molecule has 0 fully saturated rings. The molecule has 2 aliphatic rings. The lowest BCUT2D eigenvalue weighted by Crippen LogP contribution is -2.33. The normalized spacial score (nSPS) is 19.5. The standard InChI is InChI=1S/C24H22Br2N2O2S/c1-2-3-10-29-17-8-6-15(7-9-17)24-28-21(14-20(27-28)22-5-4-11-31-22)18-12-16(25)13-19(26)23(18)30-24/h4-9,11-13,21,24H,2-3,10,14H2,1H3. The number of hydrogen-bond acceptors (Lipinski definition) is 5. The number of nitrogens with zero attached hydrogens (tertiary/aromatic N) is 2. The molecule has 3 aromatic rings. The SMILES string of the molecule is CCCCOc1ccc(C2Oc3c(Br)cc(Br)cc3C3CC(c4cccs4)=NN32)cc1. The maximum Gasteiger partial charge on any atom is 0.213 e. The number of halogens is 2. The fourth-order valence-corrected chi connectivity index (χ4v) is 6.06. The maximum atomic E-state index is 6.54. The molecule has 4 nitrogen and oxygen atoms in total. The zero-order chi connectivity index (χ0) is 21.4. The molecule has 160 valence electrons. The maximum absolute atomic E-state index is 6.54. The summed E-state index contributed by atoms with van der Waals surface area (Å²) in [5, 5.41) is 9.24. The van der Waals surface area contributed by atoms with Gasteiger partial charge < -0.3 is 9.47 Å². The summed E-state index contributed by atoms with van der Waals surface area (Å²) in [6.07, 6.45) is 2.74. The molecular weight excluding hydrogens is 540 g/mol. The van der Waals surface area contributed by atoms with Crippen LogP contribution in [0, 0.1) is 0 Å². The molecule has 0 radical (unpaired) electrons. The smallest absolute Gasteiger partial charge is 0.213 e. The number of ether oxygens (including phenoxy) is 2. The predicted molar refractivity (Wildman–Crippen MR) is 132 cm³/mol. The number of rotatable bonds is 6. The van der Waals surface area contributed by atoms with E-state index in [1.165, 1.54) is 4.88 Å². The number of hydrogen-bond donors (Lipinski definition) is 0. The Morgan fingerprint density at radius 2 is 2.03 bits per heavy atom. The largest absolute Gasteiger partial charge is 0.494 e. The minimum absolute atomic E-state index is 0.125. The van der Waals surface area contributed by atoms with Gasteiger partial charge in [0.25, 0.3) is 0 Å². The predicted octanol–water partition coefficient (Wildman–Crippen LogP) is 7.69. The summed E-state index contributed by atoms with van der Waals surface area (Å²) in [5.41, 5.74) is 3.31. The number of unbranched alkanes of at least 4 members (excludes halogenated alkanes) is 1. The van der Waals surface area contributed by atoms with Crippen LogP contribution >= 0.6 is 43.2 Å². The van der Waals surface area contributed by atoms with E-state index in [4.69, 9.17) is 14.6 Å². The van der Waals surface area contributed by atoms with E-state index in [1.807, 2.05) is 18.2 Å². The number of fused-ring (bicyclic) bond motifs is 3. The second kappa shape index (κ2) is 8.96. The molecule has 3 heterocycles. The summed E-state index contributed by atoms with van der Waals surface area (Å²) < 4.78 is 14.3. The van der Waals surface area contributed by atoms with E-state index in [2.05, 4.69) is 79.5 Å². The first-order valence-electron chi connectivity index (χ1n) is 10.4. The Labute approximate surface area is 203 Å². The van der Waals surface area contributed by atoms with Crippen LogP contribution in [0.1, 0.15) is 54.5 Å². The van der Waals surface area contributed by atoms with Crippen molar-refractivity contribution in [2.24, 2.45) is 5.10 Å². The highest BCUT2D eigenvalue weighted by Crippen LogP contribution is 2.51. The average molecular weight is 562 g/mol. The second-order valence-electron chi connectivity index (χ2n) is 7.67. The van der Waals surface area contributed by atoms with Gasteiger partial charge in [-0.25, -0.2) is 5.01 Å². The summed E-state index contributed by atoms with van der Waals surface area (Å²) in [6.45, 7) is 2.91. The van der Waals surface area contributed by atoms with Crippen LogP contribution in [0.2, 0.25) is 0 Å². The second-order valence-corrected chi connectivity index (χ2v) is 10.4. The minimum atomic E-state index is -0.294. The molecule has 1 aromatic heterocycles. The highest BCUT2D eigenvalue weighted by atomic mass is 79.9. The van der Waals surface area contributed by atoms with Gasteiger partial charge in [-0.05, 0) is 70.2 Å². The molecule has 0 spiro atoms. The molecule has 2 aliphatic heterocycles. The first-order valence-corrected chi connectivity index (χ1v) is 12.9. The third-order valence-electron chi connectivity index (χ3n) is 5.55. The Bertz CT molecular complexity index is 1100. The summed E-state index contributed by atoms with van der Waals surface area (Å²) in [7, 11) is 0. The van der Waals surface area contributed by atoms with Crippen molar-refractivity contribution >= 4 is 48.9 Å². The molecule has 0 bridgehead atoms. The van der Waals surface area contributed by atoms with Crippen LogP contribution in [-0.4, -0.2) is 17.3 Å². The van der Waals surface area contributed by atoms with Gasteiger partial charge in [-0.3, -0.25) is 0 Å². The van der Waals surface area contributed by atoms with Crippen molar-refractivity contribution in [1.82, 2.24) is 5.01 Å². The van der Waals surface area contributed by atoms with Crippen molar-refractivity contribution in [1.29, 1.82) is 0 Å². The van der Waals surface area contributed by atoms with Crippen LogP contribution in [0.15, 0.2) is 68.0 Å². The topological polar surface area (TPSA) is 34.1 Å². The molecule has 7 heteroatoms. The molecule has 2 atom stereocenters. The molecule has 31 heavy (non-hydrogen) atoms. The van der Waals surface area contributed by atoms with E-state index >= 15 is 0 Å². The lowest BCUT2D eigenvalue weighted by molar-refractivity contribution is -0.0197. The highest BCUT2D eigenvalue weighted by Gasteiger charge is 2.42. The summed E-state index contributed by atoms with van der Waals surface area (Å²) in [5.74, 6) is 1.78. The third kappa shape index (κ3) is 4.15. The van der Waals surface area contributed by atoms with Crippen molar-refractivity contribution in [2.45, 2.75) is 38.5 Å². The molecule has 0 saturated heterocycles. The Morgan fingerprint density at radius 1 is 1.19 bits per heavy atom. The summed E-state index contributed by atoms with van der Waals surface area (Å²) in [4.78, 5) is 1.21. The Morgan fingerprint density at radius 3 is 2.77 bits per heavy atom. The third-order valence-corrected chi connectivity index (χ3v) is 7.51. The van der Waals surface area contributed by atoms with Crippen LogP contribution < -0.4 is 9.47 Å². The Hall–Kier alpha value is -1.83. The van der Waals surface area contributed by atoms with Gasteiger partial charge in [-0.15, -0.1) is 11.3 Å². The molecular formula is C24H22Br2N2O2S. The summed E-state index contributed by atoms with van der Waals surface area (Å²) in [6, 6.07) is 16.7. The summed E-state index contributed by atoms with van der Waals surface area (Å²) >= 11 is 9.06. The Balaban J connectivity index is 1.50. The Kier molecular flexibility index (Phi) is 6.08. The van der Waals surface area contributed by atoms with Gasteiger partial charge in [0.1, 0.15) is 11.5 Å². The molecule has 0 N–H and O–H groups in total. The minimum Gasteiger partial charge on any atom is -0.494 e. The van der Waals surface area contributed by atoms with Crippen molar-refractivity contribution in [3.05, 3.63) is 78.9 Å². The molecule has 5 rings (SSSR count). The molecule has 2 unspecified atom stereocenters. The molecule has 0 aliphatic carbocycles. The van der Waals surface area contributed by atoms with E-state index in [0.29, 0.717) is 0 Å². The van der Waals surface area contributed by atoms with Gasteiger partial charge in [0.15, 0.2) is 0 Å². The quantitative estimate of drug-likeness (QED) is 0.289. The van der Waals surface area contributed by atoms with Crippen LogP contribution in [0.25, 0.3) is 0 Å². The lowest BCUT2D eigenvalue weighted by Gasteiger charge is -2.38. The zero-order valence-electron chi connectivity index (χ0n) is 17.1. The number of hydrazone groups is 1. The molecule has 2 aromatic carbocycles. The fraction of sp³-hybridized carbons (Fsp3) is 0.292. The van der Waals surface area contributed by atoms with E-state index in [9.17, 15) is 0 Å². The lowest BCUT2D eigenvalue weighted by atomic mass is 9.97. The van der Waals surface area contributed by atoms with E-state index < -0.39 is 0 Å². The molecule has 0 amide bonds. The first-order chi connectivity index (χ1) is 15.1. The molecule has 0 saturated carbocycles.